The van der Waals surface area contributed by atoms with Crippen LogP contribution in [0.15, 0.2) is 12.4 Å². The van der Waals surface area contributed by atoms with E-state index in [-0.39, 0.29) is 23.4 Å². The van der Waals surface area contributed by atoms with Gasteiger partial charge >= 0.3 is 5.97 Å². The Balaban J connectivity index is 3.14. The predicted molar refractivity (Wildman–Crippen MR) is 54.5 cm³/mol. The highest BCUT2D eigenvalue weighted by atomic mass is 35.5. The highest BCUT2D eigenvalue weighted by Crippen LogP contribution is 2.26. The van der Waals surface area contributed by atoms with E-state index in [1.807, 2.05) is 0 Å². The lowest BCUT2D eigenvalue weighted by atomic mass is 10.0. The van der Waals surface area contributed by atoms with Gasteiger partial charge in [-0.05, 0) is 11.1 Å². The molecule has 0 fully saturated rings. The van der Waals surface area contributed by atoms with E-state index in [1.54, 1.807) is 0 Å². The van der Waals surface area contributed by atoms with Crippen molar-refractivity contribution in [3.63, 3.8) is 0 Å². The van der Waals surface area contributed by atoms with Gasteiger partial charge in [0.1, 0.15) is 0 Å². The first-order valence-electron chi connectivity index (χ1n) is 4.46. The van der Waals surface area contributed by atoms with E-state index < -0.39 is 12.4 Å². The van der Waals surface area contributed by atoms with Gasteiger partial charge in [0.05, 0.1) is 13.5 Å². The molecular weight excluding hydrogens is 240 g/mol. The number of pyridine rings is 1. The topological polar surface area (TPSA) is 39.2 Å². The van der Waals surface area contributed by atoms with Crippen LogP contribution < -0.4 is 0 Å². The van der Waals surface area contributed by atoms with Crippen molar-refractivity contribution in [2.45, 2.75) is 18.7 Å². The molecule has 0 spiro atoms. The fourth-order valence-electron chi connectivity index (χ4n) is 1.28. The van der Waals surface area contributed by atoms with Crippen molar-refractivity contribution in [1.82, 2.24) is 4.98 Å². The lowest BCUT2D eigenvalue weighted by Crippen LogP contribution is -2.10. The second-order valence-electron chi connectivity index (χ2n) is 3.05. The van der Waals surface area contributed by atoms with E-state index in [4.69, 9.17) is 11.6 Å². The third-order valence-electron chi connectivity index (χ3n) is 2.11. The van der Waals surface area contributed by atoms with Gasteiger partial charge in [0.25, 0.3) is 6.43 Å². The quantitative estimate of drug-likeness (QED) is 0.608. The molecule has 3 nitrogen and oxygen atoms in total. The van der Waals surface area contributed by atoms with Crippen LogP contribution in [0.1, 0.15) is 23.1 Å². The van der Waals surface area contributed by atoms with Crippen LogP contribution in [0.5, 0.6) is 0 Å². The van der Waals surface area contributed by atoms with E-state index in [1.165, 1.54) is 13.3 Å². The van der Waals surface area contributed by atoms with Crippen LogP contribution in [0.3, 0.4) is 0 Å². The molecule has 0 aliphatic rings. The van der Waals surface area contributed by atoms with Crippen LogP contribution in [-0.2, 0) is 21.8 Å². The first-order chi connectivity index (χ1) is 7.60. The lowest BCUT2D eigenvalue weighted by molar-refractivity contribution is -0.139. The van der Waals surface area contributed by atoms with Crippen LogP contribution >= 0.6 is 11.6 Å². The average Bonchev–Trinajstić information content (AvgIpc) is 2.28. The summed E-state index contributed by atoms with van der Waals surface area (Å²) in [5.41, 5.74) is 0.347. The molecule has 16 heavy (non-hydrogen) atoms. The molecule has 0 aromatic carbocycles. The summed E-state index contributed by atoms with van der Waals surface area (Å²) in [6, 6.07) is 0. The molecule has 88 valence electrons. The van der Waals surface area contributed by atoms with Crippen LogP contribution in [0.25, 0.3) is 0 Å². The molecule has 0 unspecified atom stereocenters. The highest BCUT2D eigenvalue weighted by Gasteiger charge is 2.19. The molecular formula is C10H10ClF2NO2. The number of hydrogen-bond acceptors (Lipinski definition) is 3. The molecule has 1 rings (SSSR count). The van der Waals surface area contributed by atoms with Crippen molar-refractivity contribution in [2.75, 3.05) is 7.11 Å². The summed E-state index contributed by atoms with van der Waals surface area (Å²) in [5.74, 6) is -0.556. The fraction of sp³-hybridized carbons (Fsp3) is 0.400. The number of methoxy groups -OCH3 is 1. The third kappa shape index (κ3) is 2.88. The largest absolute Gasteiger partial charge is 0.469 e. The molecule has 1 aromatic heterocycles. The summed E-state index contributed by atoms with van der Waals surface area (Å²) < 4.78 is 29.8. The Morgan fingerprint density at radius 1 is 1.56 bits per heavy atom. The maximum atomic E-state index is 12.7. The number of nitrogens with zero attached hydrogens (tertiary/aromatic N) is 1. The Hall–Kier alpha value is -1.23. The van der Waals surface area contributed by atoms with Crippen molar-refractivity contribution in [1.29, 1.82) is 0 Å². The zero-order valence-corrected chi connectivity index (χ0v) is 9.30. The van der Waals surface area contributed by atoms with Crippen molar-refractivity contribution >= 4 is 17.6 Å². The monoisotopic (exact) mass is 249 g/mol. The number of alkyl halides is 3. The van der Waals surface area contributed by atoms with Gasteiger partial charge in [0.15, 0.2) is 0 Å². The molecule has 0 aliphatic carbocycles. The number of halogens is 3. The Bertz CT molecular complexity index is 385. The van der Waals surface area contributed by atoms with E-state index >= 15 is 0 Å². The summed E-state index contributed by atoms with van der Waals surface area (Å²) in [5, 5.41) is 0. The smallest absolute Gasteiger partial charge is 0.310 e. The number of carbonyl (C=O) groups excluding carboxylic acids is 1. The summed E-state index contributed by atoms with van der Waals surface area (Å²) in [4.78, 5) is 14.7. The van der Waals surface area contributed by atoms with Crippen LogP contribution in [0, 0.1) is 0 Å². The molecule has 1 heterocycles. The zero-order valence-electron chi connectivity index (χ0n) is 8.54. The Labute approximate surface area is 96.4 Å². The summed E-state index contributed by atoms with van der Waals surface area (Å²) in [6.45, 7) is 0. The fourth-order valence-corrected chi connectivity index (χ4v) is 1.51. The molecule has 6 heteroatoms. The predicted octanol–water partition coefficient (Wildman–Crippen LogP) is 2.47. The molecule has 0 amide bonds. The normalized spacial score (nSPS) is 10.6. The molecule has 1 aromatic rings. The average molecular weight is 250 g/mol. The summed E-state index contributed by atoms with van der Waals surface area (Å²) in [6.07, 6.45) is -0.494. The van der Waals surface area contributed by atoms with Gasteiger partial charge in [0.2, 0.25) is 0 Å². The standard InChI is InChI=1S/C10H10ClF2NO2/c1-16-9(15)2-7-6(3-11)4-14-5-8(7)10(12)13/h4-5,10H,2-3H2,1H3. The summed E-state index contributed by atoms with van der Waals surface area (Å²) in [7, 11) is 1.20. The van der Waals surface area contributed by atoms with Gasteiger partial charge in [-0.3, -0.25) is 9.78 Å². The molecule has 0 radical (unpaired) electrons. The maximum Gasteiger partial charge on any atom is 0.310 e. The van der Waals surface area contributed by atoms with Gasteiger partial charge in [-0.25, -0.2) is 8.78 Å². The van der Waals surface area contributed by atoms with Gasteiger partial charge in [-0.15, -0.1) is 11.6 Å². The molecule has 0 aliphatic heterocycles. The number of carbonyl (C=O) groups is 1. The molecule has 0 saturated heterocycles. The van der Waals surface area contributed by atoms with Crippen LogP contribution in [-0.4, -0.2) is 18.1 Å². The number of hydrogen-bond donors (Lipinski definition) is 0. The number of rotatable bonds is 4. The minimum Gasteiger partial charge on any atom is -0.469 e. The third-order valence-corrected chi connectivity index (χ3v) is 2.40. The Kier molecular flexibility index (Phi) is 4.61. The van der Waals surface area contributed by atoms with E-state index in [0.29, 0.717) is 5.56 Å². The first-order valence-corrected chi connectivity index (χ1v) is 5.00. The highest BCUT2D eigenvalue weighted by molar-refractivity contribution is 6.17. The lowest BCUT2D eigenvalue weighted by Gasteiger charge is -2.11. The van der Waals surface area contributed by atoms with Gasteiger partial charge in [-0.1, -0.05) is 0 Å². The first kappa shape index (κ1) is 12.8. The SMILES string of the molecule is COC(=O)Cc1c(CCl)cncc1C(F)F. The van der Waals surface area contributed by atoms with Gasteiger partial charge < -0.3 is 4.74 Å². The van der Waals surface area contributed by atoms with Crippen molar-refractivity contribution in [2.24, 2.45) is 0 Å². The van der Waals surface area contributed by atoms with Crippen molar-refractivity contribution < 1.29 is 18.3 Å². The molecule has 0 saturated carbocycles. The minimum absolute atomic E-state index is 0.0277. The minimum atomic E-state index is -2.68. The van der Waals surface area contributed by atoms with Crippen LogP contribution in [0.4, 0.5) is 8.78 Å². The second kappa shape index (κ2) is 5.75. The zero-order chi connectivity index (χ0) is 12.1. The Morgan fingerprint density at radius 2 is 2.25 bits per heavy atom. The van der Waals surface area contributed by atoms with Gasteiger partial charge in [0, 0.05) is 23.8 Å². The maximum absolute atomic E-state index is 12.7. The van der Waals surface area contributed by atoms with E-state index in [0.717, 1.165) is 6.20 Å². The van der Waals surface area contributed by atoms with Crippen molar-refractivity contribution in [3.05, 3.63) is 29.1 Å². The Morgan fingerprint density at radius 3 is 2.75 bits per heavy atom. The summed E-state index contributed by atoms with van der Waals surface area (Å²) >= 11 is 5.60. The van der Waals surface area contributed by atoms with E-state index in [2.05, 4.69) is 9.72 Å². The molecule has 0 atom stereocenters. The number of esters is 1. The molecule has 0 N–H and O–H groups in total. The number of aromatic nitrogens is 1. The van der Waals surface area contributed by atoms with Crippen molar-refractivity contribution in [3.8, 4) is 0 Å². The van der Waals surface area contributed by atoms with Crippen LogP contribution in [0.2, 0.25) is 0 Å². The number of ether oxygens (including phenoxy) is 1. The van der Waals surface area contributed by atoms with E-state index in [9.17, 15) is 13.6 Å². The molecule has 0 bridgehead atoms. The van der Waals surface area contributed by atoms with Gasteiger partial charge in [-0.2, -0.15) is 0 Å². The second-order valence-corrected chi connectivity index (χ2v) is 3.32.